The summed E-state index contributed by atoms with van der Waals surface area (Å²) < 4.78 is 4.86. The molecule has 0 heterocycles. The van der Waals surface area contributed by atoms with E-state index >= 15 is 0 Å². The molecular weight excluding hydrogens is 152 g/mol. The zero-order chi connectivity index (χ0) is 8.55. The largest absolute Gasteiger partial charge is 0.463 e. The van der Waals surface area contributed by atoms with Gasteiger partial charge in [-0.05, 0) is 38.0 Å². The SMILES string of the molecule is CCOC(=O)C=C1CC2CC1C2. The molecule has 0 saturated heterocycles. The normalized spacial score (nSPS) is 34.9. The van der Waals surface area contributed by atoms with E-state index in [1.807, 2.05) is 6.92 Å². The standard InChI is InChI=1S/C10H14O2/c1-2-12-10(11)6-9-5-7-3-8(9)4-7/h6-8H,2-5H2,1H3. The van der Waals surface area contributed by atoms with Gasteiger partial charge in [-0.25, -0.2) is 4.79 Å². The molecule has 0 aromatic rings. The van der Waals surface area contributed by atoms with E-state index in [1.165, 1.54) is 18.4 Å². The average molecular weight is 166 g/mol. The topological polar surface area (TPSA) is 26.3 Å². The maximum absolute atomic E-state index is 11.1. The highest BCUT2D eigenvalue weighted by atomic mass is 16.5. The Labute approximate surface area is 72.6 Å². The smallest absolute Gasteiger partial charge is 0.330 e. The van der Waals surface area contributed by atoms with Crippen LogP contribution >= 0.6 is 0 Å². The summed E-state index contributed by atoms with van der Waals surface area (Å²) >= 11 is 0. The molecule has 12 heavy (non-hydrogen) atoms. The molecule has 0 aromatic carbocycles. The number of rotatable bonds is 2. The lowest BCUT2D eigenvalue weighted by atomic mass is 9.84. The first-order chi connectivity index (χ1) is 5.79. The molecule has 0 N–H and O–H groups in total. The molecule has 3 saturated carbocycles. The first-order valence-corrected chi connectivity index (χ1v) is 4.66. The molecule has 2 nitrogen and oxygen atoms in total. The van der Waals surface area contributed by atoms with Crippen LogP contribution in [0, 0.1) is 11.8 Å². The number of allylic oxidation sites excluding steroid dienone is 1. The Balaban J connectivity index is 1.95. The third-order valence-corrected chi connectivity index (χ3v) is 2.87. The van der Waals surface area contributed by atoms with Crippen molar-refractivity contribution in [3.63, 3.8) is 0 Å². The van der Waals surface area contributed by atoms with E-state index in [1.54, 1.807) is 6.08 Å². The molecule has 3 rings (SSSR count). The monoisotopic (exact) mass is 166 g/mol. The second kappa shape index (κ2) is 2.92. The number of carbonyl (C=O) groups is 1. The lowest BCUT2D eigenvalue weighted by molar-refractivity contribution is -0.137. The fourth-order valence-corrected chi connectivity index (χ4v) is 2.22. The van der Waals surface area contributed by atoms with Gasteiger partial charge in [0.05, 0.1) is 6.61 Å². The number of esters is 1. The minimum Gasteiger partial charge on any atom is -0.463 e. The van der Waals surface area contributed by atoms with Crippen molar-refractivity contribution in [2.75, 3.05) is 6.61 Å². The zero-order valence-electron chi connectivity index (χ0n) is 7.38. The van der Waals surface area contributed by atoms with Crippen molar-refractivity contribution in [2.45, 2.75) is 26.2 Å². The van der Waals surface area contributed by atoms with E-state index in [-0.39, 0.29) is 5.97 Å². The average Bonchev–Trinajstić information content (AvgIpc) is 2.43. The van der Waals surface area contributed by atoms with Gasteiger partial charge in [-0.2, -0.15) is 0 Å². The molecule has 3 fully saturated rings. The van der Waals surface area contributed by atoms with Crippen LogP contribution in [0.2, 0.25) is 0 Å². The van der Waals surface area contributed by atoms with Crippen LogP contribution in [-0.2, 0) is 9.53 Å². The number of ether oxygens (including phenoxy) is 1. The van der Waals surface area contributed by atoms with E-state index in [0.717, 1.165) is 18.3 Å². The highest BCUT2D eigenvalue weighted by Crippen LogP contribution is 2.51. The molecule has 0 radical (unpaired) electrons. The quantitative estimate of drug-likeness (QED) is 0.462. The molecule has 0 spiro atoms. The molecule has 2 bridgehead atoms. The van der Waals surface area contributed by atoms with Gasteiger partial charge in [-0.1, -0.05) is 5.57 Å². The first kappa shape index (κ1) is 7.84. The Morgan fingerprint density at radius 2 is 2.42 bits per heavy atom. The highest BCUT2D eigenvalue weighted by Gasteiger charge is 2.40. The van der Waals surface area contributed by atoms with Crippen LogP contribution in [0.4, 0.5) is 0 Å². The Morgan fingerprint density at radius 1 is 1.67 bits per heavy atom. The summed E-state index contributed by atoms with van der Waals surface area (Å²) in [6.07, 6.45) is 5.47. The minimum absolute atomic E-state index is 0.153. The maximum Gasteiger partial charge on any atom is 0.330 e. The van der Waals surface area contributed by atoms with E-state index < -0.39 is 0 Å². The summed E-state index contributed by atoms with van der Waals surface area (Å²) in [5.74, 6) is 1.45. The molecule has 0 atom stereocenters. The van der Waals surface area contributed by atoms with Gasteiger partial charge in [0, 0.05) is 6.08 Å². The summed E-state index contributed by atoms with van der Waals surface area (Å²) in [5.41, 5.74) is 1.33. The number of hydrogen-bond donors (Lipinski definition) is 0. The van der Waals surface area contributed by atoms with E-state index in [9.17, 15) is 4.79 Å². The van der Waals surface area contributed by atoms with Gasteiger partial charge in [0.1, 0.15) is 0 Å². The molecule has 0 unspecified atom stereocenters. The third kappa shape index (κ3) is 1.26. The van der Waals surface area contributed by atoms with Crippen molar-refractivity contribution < 1.29 is 9.53 Å². The summed E-state index contributed by atoms with van der Waals surface area (Å²) in [7, 11) is 0. The van der Waals surface area contributed by atoms with Gasteiger partial charge in [-0.3, -0.25) is 0 Å². The summed E-state index contributed by atoms with van der Waals surface area (Å²) in [6.45, 7) is 2.32. The number of fused-ring (bicyclic) bond motifs is 1. The first-order valence-electron chi connectivity index (χ1n) is 4.66. The summed E-state index contributed by atoms with van der Waals surface area (Å²) in [5, 5.41) is 0. The molecule has 3 aliphatic rings. The molecular formula is C10H14O2. The Hall–Kier alpha value is -0.790. The van der Waals surface area contributed by atoms with Gasteiger partial charge in [-0.15, -0.1) is 0 Å². The summed E-state index contributed by atoms with van der Waals surface area (Å²) in [4.78, 5) is 11.1. The number of carbonyl (C=O) groups excluding carboxylic acids is 1. The fraction of sp³-hybridized carbons (Fsp3) is 0.700. The van der Waals surface area contributed by atoms with Gasteiger partial charge in [0.25, 0.3) is 0 Å². The van der Waals surface area contributed by atoms with Crippen LogP contribution in [0.3, 0.4) is 0 Å². The number of hydrogen-bond acceptors (Lipinski definition) is 2. The molecule has 3 aliphatic carbocycles. The second-order valence-corrected chi connectivity index (χ2v) is 3.71. The lowest BCUT2D eigenvalue weighted by Crippen LogP contribution is -2.11. The Morgan fingerprint density at radius 3 is 2.92 bits per heavy atom. The highest BCUT2D eigenvalue weighted by molar-refractivity contribution is 5.83. The van der Waals surface area contributed by atoms with Crippen LogP contribution in [0.25, 0.3) is 0 Å². The lowest BCUT2D eigenvalue weighted by Gasteiger charge is -2.21. The zero-order valence-corrected chi connectivity index (χ0v) is 7.38. The van der Waals surface area contributed by atoms with Gasteiger partial charge in [0.2, 0.25) is 0 Å². The van der Waals surface area contributed by atoms with Gasteiger partial charge in [0.15, 0.2) is 0 Å². The maximum atomic E-state index is 11.1. The summed E-state index contributed by atoms with van der Waals surface area (Å²) in [6, 6.07) is 0. The predicted molar refractivity (Wildman–Crippen MR) is 45.5 cm³/mol. The van der Waals surface area contributed by atoms with Gasteiger partial charge < -0.3 is 4.74 Å². The van der Waals surface area contributed by atoms with Crippen molar-refractivity contribution >= 4 is 5.97 Å². The van der Waals surface area contributed by atoms with Crippen molar-refractivity contribution in [2.24, 2.45) is 11.8 Å². The van der Waals surface area contributed by atoms with Crippen LogP contribution in [0.1, 0.15) is 26.2 Å². The van der Waals surface area contributed by atoms with Crippen LogP contribution in [0.15, 0.2) is 11.6 Å². The Kier molecular flexibility index (Phi) is 1.91. The van der Waals surface area contributed by atoms with Crippen LogP contribution in [-0.4, -0.2) is 12.6 Å². The van der Waals surface area contributed by atoms with Crippen molar-refractivity contribution in [1.29, 1.82) is 0 Å². The van der Waals surface area contributed by atoms with E-state index in [4.69, 9.17) is 4.74 Å². The van der Waals surface area contributed by atoms with E-state index in [0.29, 0.717) is 6.61 Å². The van der Waals surface area contributed by atoms with Crippen LogP contribution in [0.5, 0.6) is 0 Å². The predicted octanol–water partition coefficient (Wildman–Crippen LogP) is 1.91. The minimum atomic E-state index is -0.153. The second-order valence-electron chi connectivity index (χ2n) is 3.71. The third-order valence-electron chi connectivity index (χ3n) is 2.87. The molecule has 0 amide bonds. The van der Waals surface area contributed by atoms with Crippen molar-refractivity contribution in [1.82, 2.24) is 0 Å². The van der Waals surface area contributed by atoms with Crippen molar-refractivity contribution in [3.05, 3.63) is 11.6 Å². The van der Waals surface area contributed by atoms with Crippen molar-refractivity contribution in [3.8, 4) is 0 Å². The Bertz CT molecular complexity index is 224. The van der Waals surface area contributed by atoms with Crippen LogP contribution < -0.4 is 0 Å². The fourth-order valence-electron chi connectivity index (χ4n) is 2.22. The van der Waals surface area contributed by atoms with Gasteiger partial charge >= 0.3 is 5.97 Å². The molecule has 66 valence electrons. The molecule has 0 aromatic heterocycles. The molecule has 2 heteroatoms. The van der Waals surface area contributed by atoms with E-state index in [2.05, 4.69) is 0 Å². The molecule has 0 aliphatic heterocycles.